The van der Waals surface area contributed by atoms with Gasteiger partial charge in [-0.1, -0.05) is 0 Å². The molecule has 9 nitrogen and oxygen atoms in total. The fourth-order valence-corrected chi connectivity index (χ4v) is 3.40. The Morgan fingerprint density at radius 3 is 2.88 bits per heavy atom. The van der Waals surface area contributed by atoms with E-state index in [9.17, 15) is 4.79 Å². The fraction of sp³-hybridized carbons (Fsp3) is 0.882. The molecule has 2 fully saturated rings. The Labute approximate surface area is 154 Å². The van der Waals surface area contributed by atoms with Gasteiger partial charge in [0.25, 0.3) is 0 Å². The molecule has 0 radical (unpaired) electrons. The molecule has 9 heteroatoms. The Hall–Kier alpha value is -1.58. The average molecular weight is 366 g/mol. The molecule has 0 spiro atoms. The third-order valence-electron chi connectivity index (χ3n) is 5.01. The summed E-state index contributed by atoms with van der Waals surface area (Å²) < 4.78 is 12.9. The third kappa shape index (κ3) is 5.72. The molecule has 2 saturated heterocycles. The van der Waals surface area contributed by atoms with Crippen LogP contribution in [-0.4, -0.2) is 88.5 Å². The molecule has 2 aliphatic heterocycles. The second kappa shape index (κ2) is 9.94. The number of hydrogen-bond donors (Lipinski definition) is 0. The Morgan fingerprint density at radius 1 is 1.27 bits per heavy atom. The number of carbonyl (C=O) groups excluding carboxylic acids is 1. The van der Waals surface area contributed by atoms with Crippen molar-refractivity contribution < 1.29 is 14.3 Å². The van der Waals surface area contributed by atoms with E-state index in [1.54, 1.807) is 4.90 Å². The van der Waals surface area contributed by atoms with Gasteiger partial charge in [0.2, 0.25) is 5.91 Å². The highest BCUT2D eigenvalue weighted by atomic mass is 16.5. The summed E-state index contributed by atoms with van der Waals surface area (Å²) in [4.78, 5) is 16.4. The smallest absolute Gasteiger partial charge is 0.222 e. The maximum Gasteiger partial charge on any atom is 0.222 e. The van der Waals surface area contributed by atoms with Gasteiger partial charge in [-0.2, -0.15) is 0 Å². The number of aromatic nitrogens is 4. The van der Waals surface area contributed by atoms with Gasteiger partial charge < -0.3 is 14.4 Å². The molecule has 2 aliphatic rings. The van der Waals surface area contributed by atoms with Crippen LogP contribution in [0.3, 0.4) is 0 Å². The van der Waals surface area contributed by atoms with Gasteiger partial charge in [0.05, 0.1) is 25.9 Å². The van der Waals surface area contributed by atoms with Crippen molar-refractivity contribution in [3.63, 3.8) is 0 Å². The zero-order valence-corrected chi connectivity index (χ0v) is 15.7. The average Bonchev–Trinajstić information content (AvgIpc) is 3.10. The zero-order valence-electron chi connectivity index (χ0n) is 15.7. The summed E-state index contributed by atoms with van der Waals surface area (Å²) in [6.07, 6.45) is 4.80. The lowest BCUT2D eigenvalue weighted by atomic mass is 10.1. The van der Waals surface area contributed by atoms with Gasteiger partial charge in [-0.25, -0.2) is 4.68 Å². The number of tetrazole rings is 1. The molecule has 0 saturated carbocycles. The Morgan fingerprint density at radius 2 is 2.12 bits per heavy atom. The number of likely N-dealkylation sites (N-methyl/N-ethyl adjacent to an activating group) is 1. The van der Waals surface area contributed by atoms with Crippen LogP contribution >= 0.6 is 0 Å². The van der Waals surface area contributed by atoms with E-state index in [1.807, 2.05) is 11.7 Å². The molecule has 1 aromatic rings. The van der Waals surface area contributed by atoms with Crippen molar-refractivity contribution in [1.82, 2.24) is 30.0 Å². The quantitative estimate of drug-likeness (QED) is 0.655. The van der Waals surface area contributed by atoms with E-state index in [2.05, 4.69) is 20.4 Å². The molecule has 3 heterocycles. The van der Waals surface area contributed by atoms with E-state index in [1.165, 1.54) is 6.42 Å². The maximum absolute atomic E-state index is 12.3. The van der Waals surface area contributed by atoms with Crippen LogP contribution in [0.4, 0.5) is 0 Å². The van der Waals surface area contributed by atoms with Crippen molar-refractivity contribution in [2.24, 2.45) is 0 Å². The minimum absolute atomic E-state index is 0.155. The first kappa shape index (κ1) is 19.2. The van der Waals surface area contributed by atoms with E-state index >= 15 is 0 Å². The molecule has 146 valence electrons. The summed E-state index contributed by atoms with van der Waals surface area (Å²) in [5.41, 5.74) is 0. The Bertz CT molecular complexity index is 554. The van der Waals surface area contributed by atoms with Crippen LogP contribution < -0.4 is 0 Å². The van der Waals surface area contributed by atoms with Gasteiger partial charge in [-0.15, -0.1) is 5.10 Å². The van der Waals surface area contributed by atoms with Gasteiger partial charge in [-0.3, -0.25) is 9.69 Å². The molecule has 0 bridgehead atoms. The highest BCUT2D eigenvalue weighted by molar-refractivity contribution is 5.75. The number of rotatable bonds is 8. The van der Waals surface area contributed by atoms with E-state index in [0.717, 1.165) is 64.5 Å². The summed E-state index contributed by atoms with van der Waals surface area (Å²) in [5, 5.41) is 12.0. The third-order valence-corrected chi connectivity index (χ3v) is 5.01. The van der Waals surface area contributed by atoms with Crippen LogP contribution in [0.15, 0.2) is 0 Å². The highest BCUT2D eigenvalue weighted by Crippen LogP contribution is 2.14. The van der Waals surface area contributed by atoms with Gasteiger partial charge in [0.15, 0.2) is 5.82 Å². The molecular formula is C17H30N6O3. The van der Waals surface area contributed by atoms with Crippen molar-refractivity contribution in [3.8, 4) is 0 Å². The molecule has 1 atom stereocenters. The van der Waals surface area contributed by atoms with Crippen LogP contribution in [0.1, 0.15) is 37.9 Å². The van der Waals surface area contributed by atoms with Crippen LogP contribution in [-0.2, 0) is 27.4 Å². The Balaban J connectivity index is 1.38. The van der Waals surface area contributed by atoms with Crippen LogP contribution in [0.2, 0.25) is 0 Å². The Kier molecular flexibility index (Phi) is 7.33. The zero-order chi connectivity index (χ0) is 18.2. The second-order valence-corrected chi connectivity index (χ2v) is 7.07. The highest BCUT2D eigenvalue weighted by Gasteiger charge is 2.19. The standard InChI is InChI=1S/C17H30N6O3/c1-21(13-15-5-2-3-10-26-15)17(24)6-4-7-23-16(18-19-20-23)14-22-8-11-25-12-9-22/h15H,2-14H2,1H3. The fourth-order valence-electron chi connectivity index (χ4n) is 3.40. The van der Waals surface area contributed by atoms with Crippen LogP contribution in [0.25, 0.3) is 0 Å². The lowest BCUT2D eigenvalue weighted by Gasteiger charge is -2.27. The largest absolute Gasteiger partial charge is 0.379 e. The minimum Gasteiger partial charge on any atom is -0.379 e. The first-order valence-corrected chi connectivity index (χ1v) is 9.63. The molecule has 0 aromatic carbocycles. The summed E-state index contributed by atoms with van der Waals surface area (Å²) in [7, 11) is 1.86. The minimum atomic E-state index is 0.155. The van der Waals surface area contributed by atoms with Gasteiger partial charge in [0.1, 0.15) is 0 Å². The van der Waals surface area contributed by atoms with Crippen LogP contribution in [0.5, 0.6) is 0 Å². The summed E-state index contributed by atoms with van der Waals surface area (Å²) in [5.74, 6) is 1.00. The summed E-state index contributed by atoms with van der Waals surface area (Å²) in [6, 6.07) is 0. The molecule has 0 N–H and O–H groups in total. The predicted molar refractivity (Wildman–Crippen MR) is 94.4 cm³/mol. The van der Waals surface area contributed by atoms with Crippen molar-refractivity contribution in [1.29, 1.82) is 0 Å². The van der Waals surface area contributed by atoms with Gasteiger partial charge in [0, 0.05) is 46.3 Å². The number of hydrogen-bond acceptors (Lipinski definition) is 7. The summed E-state index contributed by atoms with van der Waals surface area (Å²) in [6.45, 7) is 6.21. The molecule has 0 aliphatic carbocycles. The topological polar surface area (TPSA) is 85.6 Å². The maximum atomic E-state index is 12.3. The molecule has 1 amide bonds. The first-order valence-electron chi connectivity index (χ1n) is 9.63. The molecular weight excluding hydrogens is 336 g/mol. The van der Waals surface area contributed by atoms with Gasteiger partial charge >= 0.3 is 0 Å². The van der Waals surface area contributed by atoms with Crippen molar-refractivity contribution >= 4 is 5.91 Å². The SMILES string of the molecule is CN(CC1CCCCO1)C(=O)CCCn1nnnc1CN1CCOCC1. The molecule has 1 aromatic heterocycles. The molecule has 1 unspecified atom stereocenters. The molecule has 26 heavy (non-hydrogen) atoms. The van der Waals surface area contributed by atoms with E-state index in [-0.39, 0.29) is 12.0 Å². The number of amides is 1. The number of carbonyl (C=O) groups is 1. The predicted octanol–water partition coefficient (Wildman–Crippen LogP) is 0.313. The number of nitrogens with zero attached hydrogens (tertiary/aromatic N) is 6. The summed E-state index contributed by atoms with van der Waals surface area (Å²) >= 11 is 0. The normalized spacial score (nSPS) is 21.7. The van der Waals surface area contributed by atoms with Crippen molar-refractivity contribution in [3.05, 3.63) is 5.82 Å². The molecule has 3 rings (SSSR count). The second-order valence-electron chi connectivity index (χ2n) is 7.07. The van der Waals surface area contributed by atoms with E-state index in [4.69, 9.17) is 9.47 Å². The van der Waals surface area contributed by atoms with Crippen LogP contribution in [0, 0.1) is 0 Å². The van der Waals surface area contributed by atoms with E-state index in [0.29, 0.717) is 19.5 Å². The lowest BCUT2D eigenvalue weighted by Crippen LogP contribution is -2.37. The number of morpholine rings is 1. The van der Waals surface area contributed by atoms with Crippen molar-refractivity contribution in [2.45, 2.75) is 51.3 Å². The first-order chi connectivity index (χ1) is 12.7. The monoisotopic (exact) mass is 366 g/mol. The van der Waals surface area contributed by atoms with E-state index < -0.39 is 0 Å². The number of aryl methyl sites for hydroxylation is 1. The lowest BCUT2D eigenvalue weighted by molar-refractivity contribution is -0.132. The number of ether oxygens (including phenoxy) is 2. The van der Waals surface area contributed by atoms with Crippen molar-refractivity contribution in [2.75, 3.05) is 46.5 Å². The van der Waals surface area contributed by atoms with Gasteiger partial charge in [-0.05, 0) is 36.1 Å².